The predicted molar refractivity (Wildman–Crippen MR) is 68.0 cm³/mol. The lowest BCUT2D eigenvalue weighted by Crippen LogP contribution is -2.41. The molecular formula is C12H25N3O2. The molecule has 0 aliphatic carbocycles. The van der Waals surface area contributed by atoms with Gasteiger partial charge in [0.2, 0.25) is 5.91 Å². The Morgan fingerprint density at radius 1 is 1.53 bits per heavy atom. The van der Waals surface area contributed by atoms with E-state index in [4.69, 9.17) is 4.74 Å². The molecule has 0 radical (unpaired) electrons. The lowest BCUT2D eigenvalue weighted by molar-refractivity contribution is -0.122. The van der Waals surface area contributed by atoms with Crippen LogP contribution in [0.5, 0.6) is 0 Å². The number of methoxy groups -OCH3 is 1. The second kappa shape index (κ2) is 8.44. The maximum atomic E-state index is 11.7. The first-order valence-electron chi connectivity index (χ1n) is 6.42. The zero-order valence-electron chi connectivity index (χ0n) is 11.0. The van der Waals surface area contributed by atoms with E-state index in [1.807, 2.05) is 0 Å². The summed E-state index contributed by atoms with van der Waals surface area (Å²) in [6.07, 6.45) is 3.07. The number of hydrogen-bond donors (Lipinski definition) is 2. The molecule has 1 atom stereocenters. The Labute approximate surface area is 104 Å². The van der Waals surface area contributed by atoms with Gasteiger partial charge in [-0.3, -0.25) is 4.79 Å². The summed E-state index contributed by atoms with van der Waals surface area (Å²) < 4.78 is 5.00. The second-order valence-electron chi connectivity index (χ2n) is 4.59. The number of nitrogens with zero attached hydrogens (tertiary/aromatic N) is 1. The van der Waals surface area contributed by atoms with Gasteiger partial charge < -0.3 is 20.3 Å². The van der Waals surface area contributed by atoms with Crippen molar-refractivity contribution in [3.63, 3.8) is 0 Å². The van der Waals surface area contributed by atoms with Crippen molar-refractivity contribution in [3.05, 3.63) is 0 Å². The number of rotatable bonds is 8. The summed E-state index contributed by atoms with van der Waals surface area (Å²) in [6.45, 7) is 4.41. The Bertz CT molecular complexity index is 218. The van der Waals surface area contributed by atoms with Crippen molar-refractivity contribution in [3.8, 4) is 0 Å². The minimum Gasteiger partial charge on any atom is -0.383 e. The molecule has 17 heavy (non-hydrogen) atoms. The van der Waals surface area contributed by atoms with Gasteiger partial charge in [-0.1, -0.05) is 0 Å². The molecule has 0 aromatic rings. The van der Waals surface area contributed by atoms with E-state index in [2.05, 4.69) is 22.6 Å². The number of amides is 1. The maximum Gasteiger partial charge on any atom is 0.237 e. The molecule has 0 saturated carbocycles. The summed E-state index contributed by atoms with van der Waals surface area (Å²) in [5.74, 6) is 0.155. The second-order valence-corrected chi connectivity index (χ2v) is 4.59. The molecule has 1 fully saturated rings. The van der Waals surface area contributed by atoms with Crippen LogP contribution in [0, 0.1) is 0 Å². The SMILES string of the molecule is COCCN(C)CCCNC(=O)C1CCCN1. The molecule has 1 rings (SSSR count). The third-order valence-electron chi connectivity index (χ3n) is 3.07. The standard InChI is InChI=1S/C12H25N3O2/c1-15(9-10-17-2)8-4-7-14-12(16)11-5-3-6-13-11/h11,13H,3-10H2,1-2H3,(H,14,16). The molecule has 1 heterocycles. The molecule has 1 aliphatic heterocycles. The van der Waals surface area contributed by atoms with Gasteiger partial charge >= 0.3 is 0 Å². The summed E-state index contributed by atoms with van der Waals surface area (Å²) in [6, 6.07) is 0.0428. The van der Waals surface area contributed by atoms with Crippen LogP contribution in [0.1, 0.15) is 19.3 Å². The average molecular weight is 243 g/mol. The van der Waals surface area contributed by atoms with Crippen LogP contribution in [0.15, 0.2) is 0 Å². The molecule has 1 aliphatic rings. The third kappa shape index (κ3) is 6.00. The minimum atomic E-state index is 0.0428. The van der Waals surface area contributed by atoms with E-state index in [1.54, 1.807) is 7.11 Å². The van der Waals surface area contributed by atoms with Crippen LogP contribution in [0.2, 0.25) is 0 Å². The molecule has 0 bridgehead atoms. The molecule has 1 amide bonds. The van der Waals surface area contributed by atoms with Gasteiger partial charge in [-0.05, 0) is 39.4 Å². The highest BCUT2D eigenvalue weighted by atomic mass is 16.5. The van der Waals surface area contributed by atoms with Crippen LogP contribution in [0.25, 0.3) is 0 Å². The van der Waals surface area contributed by atoms with Crippen LogP contribution >= 0.6 is 0 Å². The average Bonchev–Trinajstić information content (AvgIpc) is 2.85. The summed E-state index contributed by atoms with van der Waals surface area (Å²) in [4.78, 5) is 13.9. The highest BCUT2D eigenvalue weighted by Crippen LogP contribution is 2.04. The molecule has 0 aromatic heterocycles. The molecule has 0 spiro atoms. The third-order valence-corrected chi connectivity index (χ3v) is 3.07. The Balaban J connectivity index is 1.97. The van der Waals surface area contributed by atoms with Crippen LogP contribution in [0.4, 0.5) is 0 Å². The Morgan fingerprint density at radius 2 is 2.35 bits per heavy atom. The number of hydrogen-bond acceptors (Lipinski definition) is 4. The topological polar surface area (TPSA) is 53.6 Å². The zero-order valence-corrected chi connectivity index (χ0v) is 11.0. The van der Waals surface area contributed by atoms with Crippen molar-refractivity contribution < 1.29 is 9.53 Å². The lowest BCUT2D eigenvalue weighted by atomic mass is 10.2. The smallest absolute Gasteiger partial charge is 0.237 e. The van der Waals surface area contributed by atoms with Gasteiger partial charge in [0.25, 0.3) is 0 Å². The minimum absolute atomic E-state index is 0.0428. The molecule has 5 heteroatoms. The Kier molecular flexibility index (Phi) is 7.16. The highest BCUT2D eigenvalue weighted by molar-refractivity contribution is 5.81. The van der Waals surface area contributed by atoms with Crippen molar-refractivity contribution in [1.82, 2.24) is 15.5 Å². The predicted octanol–water partition coefficient (Wildman–Crippen LogP) is -0.177. The first-order chi connectivity index (χ1) is 8.24. The molecule has 0 aromatic carbocycles. The fourth-order valence-electron chi connectivity index (χ4n) is 1.95. The van der Waals surface area contributed by atoms with Crippen LogP contribution in [-0.4, -0.2) is 63.8 Å². The molecule has 1 unspecified atom stereocenters. The van der Waals surface area contributed by atoms with E-state index in [1.165, 1.54) is 0 Å². The van der Waals surface area contributed by atoms with Crippen molar-refractivity contribution in [2.24, 2.45) is 0 Å². The van der Waals surface area contributed by atoms with E-state index in [-0.39, 0.29) is 11.9 Å². The van der Waals surface area contributed by atoms with Gasteiger partial charge in [-0.2, -0.15) is 0 Å². The number of ether oxygens (including phenoxy) is 1. The maximum absolute atomic E-state index is 11.7. The van der Waals surface area contributed by atoms with Gasteiger partial charge in [0.05, 0.1) is 12.6 Å². The van der Waals surface area contributed by atoms with Gasteiger partial charge in [-0.15, -0.1) is 0 Å². The summed E-state index contributed by atoms with van der Waals surface area (Å²) in [5, 5.41) is 6.17. The monoisotopic (exact) mass is 243 g/mol. The van der Waals surface area contributed by atoms with E-state index < -0.39 is 0 Å². The number of carbonyl (C=O) groups excluding carboxylic acids is 1. The summed E-state index contributed by atoms with van der Waals surface area (Å²) in [5.41, 5.74) is 0. The molecule has 100 valence electrons. The first-order valence-corrected chi connectivity index (χ1v) is 6.42. The quantitative estimate of drug-likeness (QED) is 0.581. The normalized spacial score (nSPS) is 19.8. The summed E-state index contributed by atoms with van der Waals surface area (Å²) in [7, 11) is 3.78. The molecule has 5 nitrogen and oxygen atoms in total. The van der Waals surface area contributed by atoms with Gasteiger partial charge in [0, 0.05) is 20.2 Å². The van der Waals surface area contributed by atoms with E-state index in [0.29, 0.717) is 0 Å². The lowest BCUT2D eigenvalue weighted by Gasteiger charge is -2.16. The van der Waals surface area contributed by atoms with Crippen molar-refractivity contribution in [2.75, 3.05) is 46.9 Å². The Hall–Kier alpha value is -0.650. The van der Waals surface area contributed by atoms with Gasteiger partial charge in [0.15, 0.2) is 0 Å². The number of nitrogens with one attached hydrogen (secondary N) is 2. The van der Waals surface area contributed by atoms with Crippen molar-refractivity contribution in [1.29, 1.82) is 0 Å². The number of carbonyl (C=O) groups is 1. The fraction of sp³-hybridized carbons (Fsp3) is 0.917. The largest absolute Gasteiger partial charge is 0.383 e. The van der Waals surface area contributed by atoms with Gasteiger partial charge in [0.1, 0.15) is 0 Å². The van der Waals surface area contributed by atoms with Crippen LogP contribution < -0.4 is 10.6 Å². The fourth-order valence-corrected chi connectivity index (χ4v) is 1.95. The molecule has 2 N–H and O–H groups in total. The van der Waals surface area contributed by atoms with Crippen LogP contribution in [-0.2, 0) is 9.53 Å². The first kappa shape index (κ1) is 14.4. The Morgan fingerprint density at radius 3 is 3.00 bits per heavy atom. The van der Waals surface area contributed by atoms with E-state index in [0.717, 1.165) is 52.0 Å². The van der Waals surface area contributed by atoms with Crippen molar-refractivity contribution >= 4 is 5.91 Å². The molecule has 1 saturated heterocycles. The summed E-state index contributed by atoms with van der Waals surface area (Å²) >= 11 is 0. The van der Waals surface area contributed by atoms with Crippen LogP contribution in [0.3, 0.4) is 0 Å². The van der Waals surface area contributed by atoms with Gasteiger partial charge in [-0.25, -0.2) is 0 Å². The van der Waals surface area contributed by atoms with Crippen molar-refractivity contribution in [2.45, 2.75) is 25.3 Å². The zero-order chi connectivity index (χ0) is 12.5. The molecular weight excluding hydrogens is 218 g/mol. The highest BCUT2D eigenvalue weighted by Gasteiger charge is 2.20. The van der Waals surface area contributed by atoms with E-state index in [9.17, 15) is 4.79 Å². The number of likely N-dealkylation sites (N-methyl/N-ethyl adjacent to an activating group) is 1. The van der Waals surface area contributed by atoms with E-state index >= 15 is 0 Å².